The summed E-state index contributed by atoms with van der Waals surface area (Å²) >= 11 is 3.53. The van der Waals surface area contributed by atoms with Crippen molar-refractivity contribution < 1.29 is 14.6 Å². The first-order valence-corrected chi connectivity index (χ1v) is 8.13. The Morgan fingerprint density at radius 3 is 2.41 bits per heavy atom. The standard InChI is InChI=1S/C17H22BrNO3/c1-10(2)15(20)14-13(18)11-8-6-7-9-12(11)19(14)16(21)22-17(3,4)5/h6-10,15,20H,1-5H3/t15-/m0/s1. The van der Waals surface area contributed by atoms with Crippen LogP contribution in [0.25, 0.3) is 10.9 Å². The van der Waals surface area contributed by atoms with E-state index in [-0.39, 0.29) is 5.92 Å². The quantitative estimate of drug-likeness (QED) is 0.822. The molecule has 22 heavy (non-hydrogen) atoms. The molecule has 0 fully saturated rings. The Bertz CT molecular complexity index is 698. The lowest BCUT2D eigenvalue weighted by Gasteiger charge is -2.23. The Morgan fingerprint density at radius 1 is 1.27 bits per heavy atom. The number of nitrogens with zero attached hydrogens (tertiary/aromatic N) is 1. The van der Waals surface area contributed by atoms with Crippen molar-refractivity contribution >= 4 is 32.9 Å². The van der Waals surface area contributed by atoms with Crippen molar-refractivity contribution in [1.29, 1.82) is 0 Å². The Morgan fingerprint density at radius 2 is 1.86 bits per heavy atom. The predicted molar refractivity (Wildman–Crippen MR) is 91.1 cm³/mol. The van der Waals surface area contributed by atoms with Gasteiger partial charge >= 0.3 is 6.09 Å². The van der Waals surface area contributed by atoms with E-state index in [1.165, 1.54) is 4.57 Å². The van der Waals surface area contributed by atoms with Gasteiger partial charge < -0.3 is 9.84 Å². The van der Waals surface area contributed by atoms with Crippen molar-refractivity contribution in [3.8, 4) is 0 Å². The van der Waals surface area contributed by atoms with E-state index in [0.717, 1.165) is 15.4 Å². The number of carbonyl (C=O) groups excluding carboxylic acids is 1. The Labute approximate surface area is 139 Å². The fraction of sp³-hybridized carbons (Fsp3) is 0.471. The summed E-state index contributed by atoms with van der Waals surface area (Å²) in [7, 11) is 0. The molecule has 0 saturated heterocycles. The number of fused-ring (bicyclic) bond motifs is 1. The number of carbonyl (C=O) groups is 1. The fourth-order valence-electron chi connectivity index (χ4n) is 2.30. The van der Waals surface area contributed by atoms with Gasteiger partial charge in [0.2, 0.25) is 0 Å². The van der Waals surface area contributed by atoms with Crippen molar-refractivity contribution in [3.05, 3.63) is 34.4 Å². The highest BCUT2D eigenvalue weighted by Crippen LogP contribution is 2.37. The molecule has 0 aliphatic rings. The monoisotopic (exact) mass is 367 g/mol. The van der Waals surface area contributed by atoms with E-state index < -0.39 is 17.8 Å². The third kappa shape index (κ3) is 3.20. The van der Waals surface area contributed by atoms with Gasteiger partial charge in [0.25, 0.3) is 0 Å². The van der Waals surface area contributed by atoms with E-state index in [0.29, 0.717) is 5.69 Å². The number of aliphatic hydroxyl groups excluding tert-OH is 1. The Balaban J connectivity index is 2.69. The molecule has 1 atom stereocenters. The highest BCUT2D eigenvalue weighted by molar-refractivity contribution is 9.10. The van der Waals surface area contributed by atoms with Gasteiger partial charge in [0.15, 0.2) is 0 Å². The van der Waals surface area contributed by atoms with E-state index in [1.807, 2.05) is 58.9 Å². The minimum atomic E-state index is -0.769. The smallest absolute Gasteiger partial charge is 0.419 e. The summed E-state index contributed by atoms with van der Waals surface area (Å²) in [5.74, 6) is -0.0261. The first kappa shape index (κ1) is 17.0. The zero-order valence-corrected chi connectivity index (χ0v) is 15.1. The zero-order valence-electron chi connectivity index (χ0n) is 13.6. The number of aromatic nitrogens is 1. The van der Waals surface area contributed by atoms with E-state index in [9.17, 15) is 9.90 Å². The van der Waals surface area contributed by atoms with Gasteiger partial charge in [-0.15, -0.1) is 0 Å². The number of aliphatic hydroxyl groups is 1. The molecular weight excluding hydrogens is 346 g/mol. The average molecular weight is 368 g/mol. The summed E-state index contributed by atoms with van der Waals surface area (Å²) in [5, 5.41) is 11.4. The summed E-state index contributed by atoms with van der Waals surface area (Å²) in [5.41, 5.74) is 0.651. The molecule has 1 heterocycles. The molecule has 1 N–H and O–H groups in total. The lowest BCUT2D eigenvalue weighted by atomic mass is 10.0. The van der Waals surface area contributed by atoms with Crippen LogP contribution in [0.2, 0.25) is 0 Å². The van der Waals surface area contributed by atoms with Crippen molar-refractivity contribution in [2.24, 2.45) is 5.92 Å². The van der Waals surface area contributed by atoms with Crippen LogP contribution in [0.5, 0.6) is 0 Å². The van der Waals surface area contributed by atoms with Gasteiger partial charge in [-0.3, -0.25) is 0 Å². The largest absolute Gasteiger partial charge is 0.443 e. The first-order chi connectivity index (χ1) is 10.1. The summed E-state index contributed by atoms with van der Waals surface area (Å²) in [6.45, 7) is 9.29. The second-order valence-electron chi connectivity index (χ2n) is 6.72. The lowest BCUT2D eigenvalue weighted by Crippen LogP contribution is -2.29. The predicted octanol–water partition coefficient (Wildman–Crippen LogP) is 4.88. The van der Waals surface area contributed by atoms with Crippen LogP contribution >= 0.6 is 15.9 Å². The lowest BCUT2D eigenvalue weighted by molar-refractivity contribution is 0.0506. The van der Waals surface area contributed by atoms with Crippen LogP contribution in [0.4, 0.5) is 4.79 Å². The van der Waals surface area contributed by atoms with Crippen molar-refractivity contribution in [2.45, 2.75) is 46.3 Å². The second-order valence-corrected chi connectivity index (χ2v) is 7.51. The van der Waals surface area contributed by atoms with Crippen LogP contribution in [0.1, 0.15) is 46.4 Å². The van der Waals surface area contributed by atoms with E-state index in [2.05, 4.69) is 15.9 Å². The molecule has 0 unspecified atom stereocenters. The molecule has 0 aliphatic heterocycles. The highest BCUT2D eigenvalue weighted by Gasteiger charge is 2.29. The number of rotatable bonds is 2. The number of hydrogen-bond acceptors (Lipinski definition) is 3. The maximum absolute atomic E-state index is 12.6. The van der Waals surface area contributed by atoms with Gasteiger partial charge in [-0.2, -0.15) is 0 Å². The topological polar surface area (TPSA) is 51.5 Å². The molecule has 0 spiro atoms. The minimum Gasteiger partial charge on any atom is -0.443 e. The molecule has 0 aliphatic carbocycles. The van der Waals surface area contributed by atoms with Gasteiger partial charge in [-0.05, 0) is 48.7 Å². The molecule has 1 aromatic heterocycles. The zero-order chi connectivity index (χ0) is 16.7. The van der Waals surface area contributed by atoms with Crippen LogP contribution in [0.15, 0.2) is 28.7 Å². The second kappa shape index (κ2) is 6.05. The summed E-state index contributed by atoms with van der Waals surface area (Å²) < 4.78 is 7.71. The molecule has 120 valence electrons. The van der Waals surface area contributed by atoms with Crippen molar-refractivity contribution in [3.63, 3.8) is 0 Å². The van der Waals surface area contributed by atoms with E-state index in [1.54, 1.807) is 0 Å². The summed E-state index contributed by atoms with van der Waals surface area (Å²) in [6, 6.07) is 7.52. The molecule has 4 nitrogen and oxygen atoms in total. The molecule has 2 rings (SSSR count). The maximum Gasteiger partial charge on any atom is 0.419 e. The van der Waals surface area contributed by atoms with Crippen LogP contribution in [0.3, 0.4) is 0 Å². The van der Waals surface area contributed by atoms with Crippen LogP contribution in [-0.4, -0.2) is 21.4 Å². The third-order valence-electron chi connectivity index (χ3n) is 3.33. The first-order valence-electron chi connectivity index (χ1n) is 7.33. The minimum absolute atomic E-state index is 0.0261. The molecule has 0 radical (unpaired) electrons. The van der Waals surface area contributed by atoms with Gasteiger partial charge in [0.1, 0.15) is 5.60 Å². The SMILES string of the molecule is CC(C)[C@H](O)c1c(Br)c2ccccc2n1C(=O)OC(C)(C)C. The Hall–Kier alpha value is -1.33. The van der Waals surface area contributed by atoms with Crippen LogP contribution < -0.4 is 0 Å². The molecule has 0 amide bonds. The highest BCUT2D eigenvalue weighted by atomic mass is 79.9. The fourth-order valence-corrected chi connectivity index (χ4v) is 3.05. The molecule has 0 saturated carbocycles. The van der Waals surface area contributed by atoms with Crippen molar-refractivity contribution in [2.75, 3.05) is 0 Å². The average Bonchev–Trinajstić information content (AvgIpc) is 2.70. The molecule has 5 heteroatoms. The normalized spacial score (nSPS) is 13.6. The molecule has 1 aromatic carbocycles. The molecule has 0 bridgehead atoms. The summed E-state index contributed by atoms with van der Waals surface area (Å²) in [4.78, 5) is 12.6. The van der Waals surface area contributed by atoms with Gasteiger partial charge in [0, 0.05) is 9.86 Å². The third-order valence-corrected chi connectivity index (χ3v) is 4.17. The van der Waals surface area contributed by atoms with E-state index >= 15 is 0 Å². The van der Waals surface area contributed by atoms with Gasteiger partial charge in [-0.25, -0.2) is 9.36 Å². The number of hydrogen-bond donors (Lipinski definition) is 1. The van der Waals surface area contributed by atoms with Crippen molar-refractivity contribution in [1.82, 2.24) is 4.57 Å². The number of halogens is 1. The molecular formula is C17H22BrNO3. The maximum atomic E-state index is 12.6. The van der Waals surface area contributed by atoms with Gasteiger partial charge in [-0.1, -0.05) is 32.0 Å². The van der Waals surface area contributed by atoms with Gasteiger partial charge in [0.05, 0.1) is 17.3 Å². The van der Waals surface area contributed by atoms with E-state index in [4.69, 9.17) is 4.74 Å². The van der Waals surface area contributed by atoms with Crippen LogP contribution in [-0.2, 0) is 4.74 Å². The summed E-state index contributed by atoms with van der Waals surface area (Å²) in [6.07, 6.45) is -1.25. The number of ether oxygens (including phenoxy) is 1. The van der Waals surface area contributed by atoms with Crippen LogP contribution in [0, 0.1) is 5.92 Å². The number of benzene rings is 1. The Kier molecular flexibility index (Phi) is 4.68. The molecule has 2 aromatic rings. The number of para-hydroxylation sites is 1.